The van der Waals surface area contributed by atoms with Gasteiger partial charge in [-0.05, 0) is 44.5 Å². The molecule has 0 atom stereocenters. The molecule has 2 N–H and O–H groups in total. The molecule has 4 nitrogen and oxygen atoms in total. The van der Waals surface area contributed by atoms with Crippen molar-refractivity contribution in [3.05, 3.63) is 77.2 Å². The van der Waals surface area contributed by atoms with Crippen LogP contribution in [0.4, 0.5) is 29.1 Å². The van der Waals surface area contributed by atoms with E-state index in [4.69, 9.17) is 0 Å². The van der Waals surface area contributed by atoms with E-state index in [1.165, 1.54) is 30.3 Å². The molecule has 0 fully saturated rings. The maximum atomic E-state index is 13.9. The number of anilines is 2. The first-order valence-electron chi connectivity index (χ1n) is 10.1. The SMILES string of the molecule is C=C(Nc1nc(-c2ccccc2C(F)(F)F)nc(C)c1C)c1cc(F)ccc1NCCC. The summed E-state index contributed by atoms with van der Waals surface area (Å²) in [5.74, 6) is -0.180. The number of hydrogen-bond acceptors (Lipinski definition) is 4. The molecular weight excluding hydrogens is 420 g/mol. The van der Waals surface area contributed by atoms with Crippen LogP contribution < -0.4 is 10.6 Å². The van der Waals surface area contributed by atoms with Gasteiger partial charge in [-0.15, -0.1) is 0 Å². The Labute approximate surface area is 184 Å². The van der Waals surface area contributed by atoms with Crippen LogP contribution in [-0.4, -0.2) is 16.5 Å². The number of benzene rings is 2. The predicted molar refractivity (Wildman–Crippen MR) is 120 cm³/mol. The Morgan fingerprint density at radius 2 is 1.78 bits per heavy atom. The third-order valence-corrected chi connectivity index (χ3v) is 5.00. The van der Waals surface area contributed by atoms with Gasteiger partial charge < -0.3 is 10.6 Å². The molecule has 2 aromatic carbocycles. The van der Waals surface area contributed by atoms with Crippen LogP contribution in [0.15, 0.2) is 49.0 Å². The summed E-state index contributed by atoms with van der Waals surface area (Å²) in [6.45, 7) is 10.2. The molecular formula is C24H24F4N4. The van der Waals surface area contributed by atoms with Crippen LogP contribution in [0.1, 0.15) is 35.7 Å². The number of halogens is 4. The number of alkyl halides is 3. The average molecular weight is 444 g/mol. The predicted octanol–water partition coefficient (Wildman–Crippen LogP) is 6.82. The summed E-state index contributed by atoms with van der Waals surface area (Å²) in [5, 5.41) is 6.27. The van der Waals surface area contributed by atoms with E-state index in [2.05, 4.69) is 27.2 Å². The van der Waals surface area contributed by atoms with Gasteiger partial charge in [0.15, 0.2) is 5.82 Å². The van der Waals surface area contributed by atoms with Gasteiger partial charge in [0.05, 0.1) is 5.56 Å². The molecule has 3 aromatic rings. The summed E-state index contributed by atoms with van der Waals surface area (Å²) >= 11 is 0. The Hall–Kier alpha value is -3.42. The minimum atomic E-state index is -4.54. The van der Waals surface area contributed by atoms with Gasteiger partial charge in [0.25, 0.3) is 0 Å². The lowest BCUT2D eigenvalue weighted by Crippen LogP contribution is -2.11. The molecule has 0 spiro atoms. The largest absolute Gasteiger partial charge is 0.417 e. The van der Waals surface area contributed by atoms with Crippen LogP contribution in [0.2, 0.25) is 0 Å². The highest BCUT2D eigenvalue weighted by molar-refractivity contribution is 5.82. The molecule has 1 aromatic heterocycles. The van der Waals surface area contributed by atoms with Crippen molar-refractivity contribution in [2.75, 3.05) is 17.2 Å². The molecule has 1 heterocycles. The molecule has 0 unspecified atom stereocenters. The van der Waals surface area contributed by atoms with Crippen molar-refractivity contribution < 1.29 is 17.6 Å². The number of rotatable bonds is 7. The van der Waals surface area contributed by atoms with Crippen LogP contribution in [0, 0.1) is 19.7 Å². The monoisotopic (exact) mass is 444 g/mol. The van der Waals surface area contributed by atoms with E-state index in [0.29, 0.717) is 40.6 Å². The van der Waals surface area contributed by atoms with Gasteiger partial charge >= 0.3 is 6.18 Å². The van der Waals surface area contributed by atoms with Gasteiger partial charge in [-0.3, -0.25) is 0 Å². The molecule has 32 heavy (non-hydrogen) atoms. The van der Waals surface area contributed by atoms with Crippen LogP contribution in [0.3, 0.4) is 0 Å². The van der Waals surface area contributed by atoms with Crippen molar-refractivity contribution in [1.29, 1.82) is 0 Å². The zero-order valence-corrected chi connectivity index (χ0v) is 18.1. The standard InChI is InChI=1S/C24H24F4N4/c1-5-12-29-21-11-10-17(25)13-19(21)16(4)31-22-14(2)15(3)30-23(32-22)18-8-6-7-9-20(18)24(26,27)28/h6-11,13,29H,4-5,12H2,1-3H3,(H,30,31,32). The highest BCUT2D eigenvalue weighted by atomic mass is 19.4. The van der Waals surface area contributed by atoms with Gasteiger partial charge in [-0.25, -0.2) is 14.4 Å². The molecule has 0 saturated carbocycles. The highest BCUT2D eigenvalue weighted by Crippen LogP contribution is 2.36. The average Bonchev–Trinajstić information content (AvgIpc) is 2.75. The second-order valence-corrected chi connectivity index (χ2v) is 7.37. The summed E-state index contributed by atoms with van der Waals surface area (Å²) < 4.78 is 54.4. The topological polar surface area (TPSA) is 49.8 Å². The number of nitrogens with one attached hydrogen (secondary N) is 2. The lowest BCUT2D eigenvalue weighted by Gasteiger charge is -2.18. The first kappa shape index (κ1) is 23.2. The molecule has 0 aliphatic rings. The van der Waals surface area contributed by atoms with Crippen LogP contribution in [0.25, 0.3) is 17.1 Å². The Kier molecular flexibility index (Phi) is 6.81. The van der Waals surface area contributed by atoms with E-state index in [1.807, 2.05) is 6.92 Å². The Balaban J connectivity index is 2.02. The molecule has 0 saturated heterocycles. The number of aryl methyl sites for hydroxylation is 1. The molecule has 168 valence electrons. The minimum absolute atomic E-state index is 0.0556. The quantitative estimate of drug-likeness (QED) is 0.393. The molecule has 0 radical (unpaired) electrons. The molecule has 0 bridgehead atoms. The van der Waals surface area contributed by atoms with E-state index in [0.717, 1.165) is 12.5 Å². The van der Waals surface area contributed by atoms with E-state index in [-0.39, 0.29) is 11.4 Å². The van der Waals surface area contributed by atoms with Crippen molar-refractivity contribution in [3.8, 4) is 11.4 Å². The molecule has 0 aliphatic carbocycles. The number of aromatic nitrogens is 2. The molecule has 0 amide bonds. The lowest BCUT2D eigenvalue weighted by molar-refractivity contribution is -0.137. The Bertz CT molecular complexity index is 1140. The zero-order valence-electron chi connectivity index (χ0n) is 18.1. The van der Waals surface area contributed by atoms with Crippen molar-refractivity contribution in [2.24, 2.45) is 0 Å². The fourth-order valence-corrected chi connectivity index (χ4v) is 3.19. The van der Waals surface area contributed by atoms with Crippen molar-refractivity contribution in [1.82, 2.24) is 9.97 Å². The van der Waals surface area contributed by atoms with Gasteiger partial charge in [0.2, 0.25) is 0 Å². The third kappa shape index (κ3) is 5.07. The zero-order chi connectivity index (χ0) is 23.5. The van der Waals surface area contributed by atoms with Crippen molar-refractivity contribution >= 4 is 17.2 Å². The Morgan fingerprint density at radius 3 is 2.47 bits per heavy atom. The summed E-state index contributed by atoms with van der Waals surface area (Å²) in [6.07, 6.45) is -3.67. The molecule has 0 aliphatic heterocycles. The molecule has 8 heteroatoms. The first-order valence-corrected chi connectivity index (χ1v) is 10.1. The summed E-state index contributed by atoms with van der Waals surface area (Å²) in [4.78, 5) is 8.64. The molecule has 3 rings (SSSR count). The smallest absolute Gasteiger partial charge is 0.385 e. The van der Waals surface area contributed by atoms with Crippen LogP contribution >= 0.6 is 0 Å². The van der Waals surface area contributed by atoms with E-state index >= 15 is 0 Å². The van der Waals surface area contributed by atoms with Gasteiger partial charge in [-0.2, -0.15) is 13.2 Å². The lowest BCUT2D eigenvalue weighted by atomic mass is 10.1. The van der Waals surface area contributed by atoms with Gasteiger partial charge in [0.1, 0.15) is 11.6 Å². The first-order chi connectivity index (χ1) is 15.1. The van der Waals surface area contributed by atoms with Crippen molar-refractivity contribution in [3.63, 3.8) is 0 Å². The second-order valence-electron chi connectivity index (χ2n) is 7.37. The summed E-state index contributed by atoms with van der Waals surface area (Å²) in [7, 11) is 0. The maximum absolute atomic E-state index is 13.9. The normalized spacial score (nSPS) is 11.3. The van der Waals surface area contributed by atoms with Gasteiger partial charge in [0, 0.05) is 40.3 Å². The van der Waals surface area contributed by atoms with E-state index in [9.17, 15) is 17.6 Å². The van der Waals surface area contributed by atoms with E-state index in [1.54, 1.807) is 19.9 Å². The third-order valence-electron chi connectivity index (χ3n) is 5.00. The maximum Gasteiger partial charge on any atom is 0.417 e. The second kappa shape index (κ2) is 9.38. The van der Waals surface area contributed by atoms with E-state index < -0.39 is 17.6 Å². The highest BCUT2D eigenvalue weighted by Gasteiger charge is 2.34. The minimum Gasteiger partial charge on any atom is -0.385 e. The fraction of sp³-hybridized carbons (Fsp3) is 0.250. The Morgan fingerprint density at radius 1 is 1.06 bits per heavy atom. The van der Waals surface area contributed by atoms with Gasteiger partial charge in [-0.1, -0.05) is 31.7 Å². The number of hydrogen-bond donors (Lipinski definition) is 2. The van der Waals surface area contributed by atoms with Crippen LogP contribution in [0.5, 0.6) is 0 Å². The van der Waals surface area contributed by atoms with Crippen LogP contribution in [-0.2, 0) is 6.18 Å². The number of nitrogens with zero attached hydrogens (tertiary/aromatic N) is 2. The summed E-state index contributed by atoms with van der Waals surface area (Å²) in [5.41, 5.74) is 1.80. The fourth-order valence-electron chi connectivity index (χ4n) is 3.19. The summed E-state index contributed by atoms with van der Waals surface area (Å²) in [6, 6.07) is 9.48. The van der Waals surface area contributed by atoms with Crippen molar-refractivity contribution in [2.45, 2.75) is 33.4 Å².